The highest BCUT2D eigenvalue weighted by Gasteiger charge is 2.20. The second kappa shape index (κ2) is 7.46. The molecule has 0 atom stereocenters. The predicted molar refractivity (Wildman–Crippen MR) is 102 cm³/mol. The molecule has 8 heteroatoms. The largest absolute Gasteiger partial charge is 0.467 e. The van der Waals surface area contributed by atoms with Gasteiger partial charge in [0.15, 0.2) is 6.61 Å². The smallest absolute Gasteiger partial charge is 0.340 e. The second-order valence-corrected chi connectivity index (χ2v) is 6.85. The summed E-state index contributed by atoms with van der Waals surface area (Å²) < 4.78 is 23.9. The summed E-state index contributed by atoms with van der Waals surface area (Å²) in [7, 11) is 0. The van der Waals surface area contributed by atoms with Crippen LogP contribution in [0.5, 0.6) is 0 Å². The summed E-state index contributed by atoms with van der Waals surface area (Å²) in [6.45, 7) is 7.92. The summed E-state index contributed by atoms with van der Waals surface area (Å²) in [5, 5.41) is 7.96. The van der Waals surface area contributed by atoms with E-state index in [2.05, 4.69) is 10.2 Å². The Morgan fingerprint density at radius 3 is 2.66 bits per heavy atom. The molecule has 0 spiro atoms. The summed E-state index contributed by atoms with van der Waals surface area (Å²) in [6.07, 6.45) is 1.63. The molecule has 4 rings (SSSR count). The number of aromatic nitrogens is 3. The van der Waals surface area contributed by atoms with Crippen LogP contribution in [0.1, 0.15) is 44.9 Å². The molecule has 0 amide bonds. The molecule has 0 aliphatic heterocycles. The molecule has 4 aromatic rings. The minimum absolute atomic E-state index is 0.108. The normalized spacial score (nSPS) is 11.2. The average molecular weight is 395 g/mol. The monoisotopic (exact) mass is 395 g/mol. The maximum Gasteiger partial charge on any atom is 0.340 e. The van der Waals surface area contributed by atoms with Gasteiger partial charge in [0.05, 0.1) is 23.9 Å². The van der Waals surface area contributed by atoms with Crippen LogP contribution in [-0.2, 0) is 17.9 Å². The summed E-state index contributed by atoms with van der Waals surface area (Å²) in [6, 6.07) is 7.36. The Morgan fingerprint density at radius 2 is 1.97 bits per heavy atom. The van der Waals surface area contributed by atoms with Crippen molar-refractivity contribution in [2.45, 2.75) is 40.8 Å². The van der Waals surface area contributed by atoms with Gasteiger partial charge in [-0.1, -0.05) is 0 Å². The van der Waals surface area contributed by atoms with Crippen molar-refractivity contribution in [1.29, 1.82) is 0 Å². The summed E-state index contributed by atoms with van der Waals surface area (Å²) in [4.78, 5) is 12.6. The first kappa shape index (κ1) is 18.8. The van der Waals surface area contributed by atoms with Crippen LogP contribution in [0.25, 0.3) is 11.5 Å². The van der Waals surface area contributed by atoms with Crippen molar-refractivity contribution >= 4 is 5.97 Å². The Kier molecular flexibility index (Phi) is 4.84. The number of rotatable bonds is 6. The van der Waals surface area contributed by atoms with E-state index in [4.69, 9.17) is 18.0 Å². The molecule has 0 saturated carbocycles. The molecule has 0 aliphatic carbocycles. The van der Waals surface area contributed by atoms with E-state index in [0.717, 1.165) is 28.5 Å². The van der Waals surface area contributed by atoms with E-state index < -0.39 is 5.97 Å². The fraction of sp³-hybridized carbons (Fsp3) is 0.286. The lowest BCUT2D eigenvalue weighted by molar-refractivity contribution is 0.0437. The van der Waals surface area contributed by atoms with Gasteiger partial charge >= 0.3 is 5.97 Å². The predicted octanol–water partition coefficient (Wildman–Crippen LogP) is 4.36. The maximum absolute atomic E-state index is 12.6. The standard InChI is InChI=1S/C21H21N3O5/c1-12-8-17(14(3)24(12)10-16-6-5-7-26-16)21(25)27-11-19-22-23-20(29-19)18-9-13(2)28-15(18)4/h5-9H,10-11H2,1-4H3. The zero-order valence-corrected chi connectivity index (χ0v) is 16.7. The number of furan rings is 2. The van der Waals surface area contributed by atoms with Gasteiger partial charge in [-0.3, -0.25) is 0 Å². The van der Waals surface area contributed by atoms with E-state index in [1.54, 1.807) is 12.3 Å². The highest BCUT2D eigenvalue weighted by atomic mass is 16.5. The molecule has 8 nitrogen and oxygen atoms in total. The molecule has 0 aromatic carbocycles. The number of ether oxygens (including phenoxy) is 1. The molecule has 0 fully saturated rings. The summed E-state index contributed by atoms with van der Waals surface area (Å²) in [5.41, 5.74) is 2.97. The third-order valence-corrected chi connectivity index (χ3v) is 4.75. The van der Waals surface area contributed by atoms with Crippen molar-refractivity contribution in [3.8, 4) is 11.5 Å². The van der Waals surface area contributed by atoms with Crippen LogP contribution >= 0.6 is 0 Å². The molecule has 0 bridgehead atoms. The van der Waals surface area contributed by atoms with Gasteiger partial charge in [0, 0.05) is 11.4 Å². The van der Waals surface area contributed by atoms with Gasteiger partial charge in [-0.2, -0.15) is 0 Å². The van der Waals surface area contributed by atoms with Crippen LogP contribution in [0, 0.1) is 27.7 Å². The van der Waals surface area contributed by atoms with Gasteiger partial charge in [-0.15, -0.1) is 10.2 Å². The summed E-state index contributed by atoms with van der Waals surface area (Å²) in [5.74, 6) is 2.37. The number of esters is 1. The number of hydrogen-bond donors (Lipinski definition) is 0. The first-order valence-electron chi connectivity index (χ1n) is 9.18. The lowest BCUT2D eigenvalue weighted by Crippen LogP contribution is -2.08. The zero-order chi connectivity index (χ0) is 20.5. The molecule has 0 N–H and O–H groups in total. The molecule has 29 heavy (non-hydrogen) atoms. The first-order valence-corrected chi connectivity index (χ1v) is 9.18. The van der Waals surface area contributed by atoms with E-state index in [1.165, 1.54) is 0 Å². The molecular formula is C21H21N3O5. The van der Waals surface area contributed by atoms with Gasteiger partial charge in [0.2, 0.25) is 0 Å². The fourth-order valence-corrected chi connectivity index (χ4v) is 3.28. The molecule has 0 aliphatic rings. The number of nitrogens with zero attached hydrogens (tertiary/aromatic N) is 3. The van der Waals surface area contributed by atoms with Gasteiger partial charge in [0.1, 0.15) is 17.3 Å². The van der Waals surface area contributed by atoms with Crippen molar-refractivity contribution in [3.63, 3.8) is 0 Å². The highest BCUT2D eigenvalue weighted by molar-refractivity contribution is 5.91. The molecule has 0 radical (unpaired) electrons. The van der Waals surface area contributed by atoms with E-state index in [-0.39, 0.29) is 12.5 Å². The maximum atomic E-state index is 12.6. The van der Waals surface area contributed by atoms with E-state index in [1.807, 2.05) is 50.5 Å². The van der Waals surface area contributed by atoms with Crippen molar-refractivity contribution in [1.82, 2.24) is 14.8 Å². The second-order valence-electron chi connectivity index (χ2n) is 6.85. The third-order valence-electron chi connectivity index (χ3n) is 4.75. The minimum Gasteiger partial charge on any atom is -0.467 e. The van der Waals surface area contributed by atoms with Gasteiger partial charge in [0.25, 0.3) is 11.8 Å². The first-order chi connectivity index (χ1) is 13.9. The van der Waals surface area contributed by atoms with Gasteiger partial charge in [-0.25, -0.2) is 4.79 Å². The summed E-state index contributed by atoms with van der Waals surface area (Å²) >= 11 is 0. The minimum atomic E-state index is -0.445. The lowest BCUT2D eigenvalue weighted by atomic mass is 10.2. The van der Waals surface area contributed by atoms with Crippen LogP contribution in [0.2, 0.25) is 0 Å². The third kappa shape index (κ3) is 3.73. The van der Waals surface area contributed by atoms with Crippen molar-refractivity contribution in [2.24, 2.45) is 0 Å². The SMILES string of the molecule is Cc1cc(-c2nnc(COC(=O)c3cc(C)n(Cc4ccco4)c3C)o2)c(C)o1. The van der Waals surface area contributed by atoms with E-state index >= 15 is 0 Å². The van der Waals surface area contributed by atoms with Crippen molar-refractivity contribution in [2.75, 3.05) is 0 Å². The molecule has 150 valence electrons. The van der Waals surface area contributed by atoms with Crippen LogP contribution < -0.4 is 0 Å². The van der Waals surface area contributed by atoms with E-state index in [0.29, 0.717) is 23.8 Å². The molecule has 0 unspecified atom stereocenters. The number of hydrogen-bond acceptors (Lipinski definition) is 7. The van der Waals surface area contributed by atoms with Gasteiger partial charge in [-0.05, 0) is 52.0 Å². The van der Waals surface area contributed by atoms with Crippen LogP contribution in [0.4, 0.5) is 0 Å². The Hall–Kier alpha value is -3.55. The van der Waals surface area contributed by atoms with E-state index in [9.17, 15) is 4.79 Å². The molecule has 4 aromatic heterocycles. The Labute approximate surface area is 167 Å². The Bertz CT molecular complexity index is 1150. The van der Waals surface area contributed by atoms with Crippen LogP contribution in [-0.4, -0.2) is 20.7 Å². The lowest BCUT2D eigenvalue weighted by Gasteiger charge is -2.07. The molecule has 4 heterocycles. The zero-order valence-electron chi connectivity index (χ0n) is 16.7. The average Bonchev–Trinajstić information content (AvgIpc) is 3.45. The van der Waals surface area contributed by atoms with Gasteiger partial charge < -0.3 is 22.6 Å². The number of carbonyl (C=O) groups is 1. The van der Waals surface area contributed by atoms with Crippen LogP contribution in [0.3, 0.4) is 0 Å². The topological polar surface area (TPSA) is 96.4 Å². The van der Waals surface area contributed by atoms with Crippen LogP contribution in [0.15, 0.2) is 43.8 Å². The molecule has 0 saturated heterocycles. The highest BCUT2D eigenvalue weighted by Crippen LogP contribution is 2.25. The quantitative estimate of drug-likeness (QED) is 0.447. The molecular weight excluding hydrogens is 374 g/mol. The van der Waals surface area contributed by atoms with Crippen molar-refractivity contribution < 1.29 is 22.8 Å². The van der Waals surface area contributed by atoms with Crippen molar-refractivity contribution in [3.05, 3.63) is 70.7 Å². The number of carbonyl (C=O) groups excluding carboxylic acids is 1. The Morgan fingerprint density at radius 1 is 1.14 bits per heavy atom. The number of aryl methyl sites for hydroxylation is 3. The fourth-order valence-electron chi connectivity index (χ4n) is 3.28. The Balaban J connectivity index is 1.45.